The van der Waals surface area contributed by atoms with Gasteiger partial charge < -0.3 is 5.73 Å². The lowest BCUT2D eigenvalue weighted by Crippen LogP contribution is -2.28. The molecular formula is C10H10ClNO. The summed E-state index contributed by atoms with van der Waals surface area (Å²) in [5, 5.41) is 0.638. The Morgan fingerprint density at radius 3 is 2.46 bits per heavy atom. The molecule has 0 heterocycles. The van der Waals surface area contributed by atoms with E-state index in [1.54, 1.807) is 6.07 Å². The Balaban J connectivity index is 2.47. The molecule has 2 nitrogen and oxygen atoms in total. The third kappa shape index (κ3) is 1.22. The van der Waals surface area contributed by atoms with E-state index in [0.29, 0.717) is 5.02 Å². The molecule has 1 aromatic rings. The molecule has 0 unspecified atom stereocenters. The molecule has 1 amide bonds. The zero-order chi connectivity index (χ0) is 9.47. The molecule has 68 valence electrons. The van der Waals surface area contributed by atoms with E-state index in [0.717, 1.165) is 18.4 Å². The first-order valence-corrected chi connectivity index (χ1v) is 4.59. The Kier molecular flexibility index (Phi) is 1.81. The lowest BCUT2D eigenvalue weighted by atomic mass is 9.95. The Labute approximate surface area is 81.7 Å². The maximum atomic E-state index is 11.2. The van der Waals surface area contributed by atoms with E-state index in [1.807, 2.05) is 18.2 Å². The molecule has 0 spiro atoms. The van der Waals surface area contributed by atoms with Crippen molar-refractivity contribution in [3.05, 3.63) is 34.9 Å². The average molecular weight is 196 g/mol. The molecule has 0 aromatic heterocycles. The van der Waals surface area contributed by atoms with Crippen LogP contribution in [0.4, 0.5) is 0 Å². The van der Waals surface area contributed by atoms with Crippen molar-refractivity contribution in [2.24, 2.45) is 5.73 Å². The monoisotopic (exact) mass is 195 g/mol. The molecule has 13 heavy (non-hydrogen) atoms. The largest absolute Gasteiger partial charge is 0.369 e. The normalized spacial score (nSPS) is 18.2. The van der Waals surface area contributed by atoms with Crippen molar-refractivity contribution in [3.8, 4) is 0 Å². The lowest BCUT2D eigenvalue weighted by molar-refractivity contribution is -0.120. The number of nitrogens with two attached hydrogens (primary N) is 1. The van der Waals surface area contributed by atoms with Crippen molar-refractivity contribution in [1.82, 2.24) is 0 Å². The Morgan fingerprint density at radius 2 is 2.00 bits per heavy atom. The van der Waals surface area contributed by atoms with Gasteiger partial charge in [0.1, 0.15) is 0 Å². The van der Waals surface area contributed by atoms with E-state index in [-0.39, 0.29) is 5.91 Å². The summed E-state index contributed by atoms with van der Waals surface area (Å²) in [5.41, 5.74) is 5.75. The van der Waals surface area contributed by atoms with Crippen LogP contribution in [-0.2, 0) is 10.2 Å². The van der Waals surface area contributed by atoms with Gasteiger partial charge in [-0.25, -0.2) is 0 Å². The van der Waals surface area contributed by atoms with Crippen LogP contribution < -0.4 is 5.73 Å². The van der Waals surface area contributed by atoms with Crippen molar-refractivity contribution >= 4 is 17.5 Å². The molecule has 1 aliphatic rings. The van der Waals surface area contributed by atoms with Gasteiger partial charge in [-0.05, 0) is 24.5 Å². The maximum Gasteiger partial charge on any atom is 0.228 e. The summed E-state index contributed by atoms with van der Waals surface area (Å²) >= 11 is 5.99. The summed E-state index contributed by atoms with van der Waals surface area (Å²) in [5.74, 6) is -0.263. The number of carbonyl (C=O) groups excluding carboxylic acids is 1. The molecule has 1 aromatic carbocycles. The highest BCUT2D eigenvalue weighted by Crippen LogP contribution is 2.49. The van der Waals surface area contributed by atoms with Crippen LogP contribution in [0.5, 0.6) is 0 Å². The minimum absolute atomic E-state index is 0.263. The highest BCUT2D eigenvalue weighted by atomic mass is 35.5. The van der Waals surface area contributed by atoms with Crippen molar-refractivity contribution in [3.63, 3.8) is 0 Å². The predicted molar refractivity (Wildman–Crippen MR) is 51.6 cm³/mol. The number of carbonyl (C=O) groups is 1. The molecule has 0 atom stereocenters. The maximum absolute atomic E-state index is 11.2. The van der Waals surface area contributed by atoms with Crippen LogP contribution in [0.2, 0.25) is 5.02 Å². The standard InChI is InChI=1S/C10H10ClNO/c11-8-4-2-1-3-7(8)10(5-6-10)9(12)13/h1-4H,5-6H2,(H2,12,13). The van der Waals surface area contributed by atoms with E-state index >= 15 is 0 Å². The van der Waals surface area contributed by atoms with Crippen LogP contribution >= 0.6 is 11.6 Å². The minimum atomic E-state index is -0.460. The summed E-state index contributed by atoms with van der Waals surface area (Å²) in [6, 6.07) is 7.40. The number of halogens is 1. The number of hydrogen-bond donors (Lipinski definition) is 1. The first-order chi connectivity index (χ1) is 6.17. The van der Waals surface area contributed by atoms with E-state index in [1.165, 1.54) is 0 Å². The fourth-order valence-corrected chi connectivity index (χ4v) is 1.94. The smallest absolute Gasteiger partial charge is 0.228 e. The fraction of sp³-hybridized carbons (Fsp3) is 0.300. The van der Waals surface area contributed by atoms with E-state index in [2.05, 4.69) is 0 Å². The molecule has 3 heteroatoms. The highest BCUT2D eigenvalue weighted by molar-refractivity contribution is 6.31. The van der Waals surface area contributed by atoms with Crippen molar-refractivity contribution in [1.29, 1.82) is 0 Å². The molecule has 1 fully saturated rings. The highest BCUT2D eigenvalue weighted by Gasteiger charge is 2.50. The third-order valence-corrected chi connectivity index (χ3v) is 2.94. The van der Waals surface area contributed by atoms with Gasteiger partial charge in [-0.3, -0.25) is 4.79 Å². The van der Waals surface area contributed by atoms with Gasteiger partial charge in [0.2, 0.25) is 5.91 Å². The zero-order valence-corrected chi connectivity index (χ0v) is 7.84. The van der Waals surface area contributed by atoms with Gasteiger partial charge in [0.15, 0.2) is 0 Å². The molecule has 2 rings (SSSR count). The number of hydrogen-bond acceptors (Lipinski definition) is 1. The van der Waals surface area contributed by atoms with E-state index in [4.69, 9.17) is 17.3 Å². The van der Waals surface area contributed by atoms with Crippen molar-refractivity contribution < 1.29 is 4.79 Å². The van der Waals surface area contributed by atoms with Gasteiger partial charge in [-0.1, -0.05) is 29.8 Å². The molecular weight excluding hydrogens is 186 g/mol. The Bertz CT molecular complexity index is 358. The Hall–Kier alpha value is -1.02. The van der Waals surface area contributed by atoms with Crippen LogP contribution in [0.3, 0.4) is 0 Å². The summed E-state index contributed by atoms with van der Waals surface area (Å²) in [6.07, 6.45) is 1.65. The summed E-state index contributed by atoms with van der Waals surface area (Å²) in [7, 11) is 0. The molecule has 0 radical (unpaired) electrons. The zero-order valence-electron chi connectivity index (χ0n) is 7.09. The quantitative estimate of drug-likeness (QED) is 0.769. The van der Waals surface area contributed by atoms with E-state index < -0.39 is 5.41 Å². The number of amides is 1. The fourth-order valence-electron chi connectivity index (χ4n) is 1.62. The number of rotatable bonds is 2. The second kappa shape index (κ2) is 2.74. The molecule has 0 aliphatic heterocycles. The summed E-state index contributed by atoms with van der Waals surface area (Å²) < 4.78 is 0. The summed E-state index contributed by atoms with van der Waals surface area (Å²) in [4.78, 5) is 11.2. The number of primary amides is 1. The summed E-state index contributed by atoms with van der Waals surface area (Å²) in [6.45, 7) is 0. The van der Waals surface area contributed by atoms with Gasteiger partial charge in [0.25, 0.3) is 0 Å². The molecule has 1 aliphatic carbocycles. The average Bonchev–Trinajstić information content (AvgIpc) is 2.85. The van der Waals surface area contributed by atoms with Crippen LogP contribution in [0, 0.1) is 0 Å². The van der Waals surface area contributed by atoms with Crippen LogP contribution in [0.15, 0.2) is 24.3 Å². The Morgan fingerprint density at radius 1 is 1.38 bits per heavy atom. The second-order valence-corrected chi connectivity index (χ2v) is 3.83. The van der Waals surface area contributed by atoms with Crippen molar-refractivity contribution in [2.75, 3.05) is 0 Å². The second-order valence-electron chi connectivity index (χ2n) is 3.43. The van der Waals surface area contributed by atoms with Gasteiger partial charge >= 0.3 is 0 Å². The number of benzene rings is 1. The molecule has 1 saturated carbocycles. The van der Waals surface area contributed by atoms with Gasteiger partial charge in [0.05, 0.1) is 5.41 Å². The molecule has 2 N–H and O–H groups in total. The van der Waals surface area contributed by atoms with Crippen LogP contribution in [0.1, 0.15) is 18.4 Å². The topological polar surface area (TPSA) is 43.1 Å². The van der Waals surface area contributed by atoms with Crippen LogP contribution in [-0.4, -0.2) is 5.91 Å². The van der Waals surface area contributed by atoms with Gasteiger partial charge in [-0.15, -0.1) is 0 Å². The third-order valence-electron chi connectivity index (χ3n) is 2.61. The van der Waals surface area contributed by atoms with Crippen molar-refractivity contribution in [2.45, 2.75) is 18.3 Å². The lowest BCUT2D eigenvalue weighted by Gasteiger charge is -2.12. The van der Waals surface area contributed by atoms with Gasteiger partial charge in [-0.2, -0.15) is 0 Å². The first kappa shape index (κ1) is 8.57. The molecule has 0 bridgehead atoms. The SMILES string of the molecule is NC(=O)C1(c2ccccc2Cl)CC1. The first-order valence-electron chi connectivity index (χ1n) is 4.22. The molecule has 0 saturated heterocycles. The predicted octanol–water partition coefficient (Wildman–Crippen LogP) is 1.86. The minimum Gasteiger partial charge on any atom is -0.369 e. The van der Waals surface area contributed by atoms with E-state index in [9.17, 15) is 4.79 Å². The van der Waals surface area contributed by atoms with Gasteiger partial charge in [0, 0.05) is 5.02 Å². The van der Waals surface area contributed by atoms with Crippen LogP contribution in [0.25, 0.3) is 0 Å².